The minimum atomic E-state index is -0.126. The molecule has 2 aromatic rings. The number of aromatic nitrogens is 1. The van der Waals surface area contributed by atoms with Crippen LogP contribution in [0.25, 0.3) is 11.3 Å². The first kappa shape index (κ1) is 16.5. The number of nitrogens with zero attached hydrogens (tertiary/aromatic N) is 2. The summed E-state index contributed by atoms with van der Waals surface area (Å²) in [6.45, 7) is 2.16. The number of amides is 1. The monoisotopic (exact) mass is 331 g/mol. The fraction of sp³-hybridized carbons (Fsp3) is 0.312. The molecule has 0 saturated carbocycles. The molecule has 114 valence electrons. The molecule has 0 atom stereocenters. The van der Waals surface area contributed by atoms with Crippen LogP contribution >= 0.6 is 23.1 Å². The third kappa shape index (κ3) is 4.86. The van der Waals surface area contributed by atoms with E-state index < -0.39 is 0 Å². The highest BCUT2D eigenvalue weighted by atomic mass is 32.2. The summed E-state index contributed by atoms with van der Waals surface area (Å²) in [5.74, 6) is 0.467. The SMILES string of the molecule is CCCc1ccc(-c2csc(NC(=O)CSCC#N)n2)cc1. The number of nitriles is 1. The predicted octanol–water partition coefficient (Wildman–Crippen LogP) is 3.96. The van der Waals surface area contributed by atoms with Crippen LogP contribution in [0.3, 0.4) is 0 Å². The number of nitrogens with one attached hydrogen (secondary N) is 1. The molecule has 1 aromatic carbocycles. The van der Waals surface area contributed by atoms with E-state index in [1.165, 1.54) is 28.7 Å². The maximum atomic E-state index is 11.7. The van der Waals surface area contributed by atoms with Gasteiger partial charge in [-0.2, -0.15) is 5.26 Å². The van der Waals surface area contributed by atoms with E-state index in [4.69, 9.17) is 5.26 Å². The van der Waals surface area contributed by atoms with Crippen molar-refractivity contribution in [3.05, 3.63) is 35.2 Å². The molecule has 6 heteroatoms. The molecule has 2 rings (SSSR count). The van der Waals surface area contributed by atoms with Crippen molar-refractivity contribution in [1.29, 1.82) is 5.26 Å². The van der Waals surface area contributed by atoms with Gasteiger partial charge in [0.15, 0.2) is 5.13 Å². The second-order valence-corrected chi connectivity index (χ2v) is 6.53. The van der Waals surface area contributed by atoms with Crippen LogP contribution in [0.5, 0.6) is 0 Å². The minimum absolute atomic E-state index is 0.126. The smallest absolute Gasteiger partial charge is 0.236 e. The van der Waals surface area contributed by atoms with E-state index in [2.05, 4.69) is 41.5 Å². The van der Waals surface area contributed by atoms with Gasteiger partial charge in [0.2, 0.25) is 5.91 Å². The van der Waals surface area contributed by atoms with Crippen molar-refractivity contribution in [2.24, 2.45) is 0 Å². The Hall–Kier alpha value is -1.84. The molecule has 0 radical (unpaired) electrons. The number of carbonyl (C=O) groups is 1. The molecule has 22 heavy (non-hydrogen) atoms. The van der Waals surface area contributed by atoms with Crippen molar-refractivity contribution >= 4 is 34.1 Å². The van der Waals surface area contributed by atoms with Crippen LogP contribution in [0.1, 0.15) is 18.9 Å². The third-order valence-corrected chi connectivity index (χ3v) is 4.50. The Labute approximate surface area is 138 Å². The summed E-state index contributed by atoms with van der Waals surface area (Å²) in [5, 5.41) is 13.7. The summed E-state index contributed by atoms with van der Waals surface area (Å²) < 4.78 is 0. The quantitative estimate of drug-likeness (QED) is 0.780. The van der Waals surface area contributed by atoms with E-state index >= 15 is 0 Å². The summed E-state index contributed by atoms with van der Waals surface area (Å²) in [5.41, 5.74) is 3.24. The van der Waals surface area contributed by atoms with Gasteiger partial charge in [-0.15, -0.1) is 23.1 Å². The molecule has 0 aliphatic heterocycles. The maximum absolute atomic E-state index is 11.7. The molecule has 1 aromatic heterocycles. The molecule has 0 aliphatic carbocycles. The molecule has 0 spiro atoms. The molecular weight excluding hydrogens is 314 g/mol. The lowest BCUT2D eigenvalue weighted by atomic mass is 10.1. The Morgan fingerprint density at radius 2 is 2.18 bits per heavy atom. The number of thioether (sulfide) groups is 1. The summed E-state index contributed by atoms with van der Waals surface area (Å²) in [6.07, 6.45) is 2.22. The van der Waals surface area contributed by atoms with E-state index in [1.54, 1.807) is 0 Å². The summed E-state index contributed by atoms with van der Waals surface area (Å²) >= 11 is 2.70. The highest BCUT2D eigenvalue weighted by molar-refractivity contribution is 8.00. The third-order valence-electron chi connectivity index (χ3n) is 2.94. The van der Waals surface area contributed by atoms with Gasteiger partial charge in [-0.25, -0.2) is 4.98 Å². The zero-order valence-corrected chi connectivity index (χ0v) is 14.0. The van der Waals surface area contributed by atoms with Gasteiger partial charge in [0.05, 0.1) is 23.3 Å². The Kier molecular flexibility index (Phi) is 6.44. The average molecular weight is 331 g/mol. The molecule has 0 bridgehead atoms. The zero-order valence-electron chi connectivity index (χ0n) is 12.3. The van der Waals surface area contributed by atoms with Gasteiger partial charge < -0.3 is 5.32 Å². The maximum Gasteiger partial charge on any atom is 0.236 e. The van der Waals surface area contributed by atoms with Crippen LogP contribution in [0.15, 0.2) is 29.6 Å². The second-order valence-electron chi connectivity index (χ2n) is 4.68. The lowest BCUT2D eigenvalue weighted by Crippen LogP contribution is -2.14. The average Bonchev–Trinajstić information content (AvgIpc) is 2.97. The van der Waals surface area contributed by atoms with Crippen molar-refractivity contribution in [3.63, 3.8) is 0 Å². The number of anilines is 1. The van der Waals surface area contributed by atoms with Gasteiger partial charge in [-0.05, 0) is 12.0 Å². The van der Waals surface area contributed by atoms with Crippen molar-refractivity contribution in [2.45, 2.75) is 19.8 Å². The molecule has 1 heterocycles. The van der Waals surface area contributed by atoms with Gasteiger partial charge >= 0.3 is 0 Å². The van der Waals surface area contributed by atoms with Crippen LogP contribution < -0.4 is 5.32 Å². The Bertz CT molecular complexity index is 659. The lowest BCUT2D eigenvalue weighted by molar-refractivity contribution is -0.113. The van der Waals surface area contributed by atoms with Gasteiger partial charge in [0.25, 0.3) is 0 Å². The number of benzene rings is 1. The number of rotatable bonds is 7. The molecular formula is C16H17N3OS2. The Morgan fingerprint density at radius 3 is 2.86 bits per heavy atom. The first-order valence-electron chi connectivity index (χ1n) is 7.02. The van der Waals surface area contributed by atoms with E-state index in [1.807, 2.05) is 11.4 Å². The van der Waals surface area contributed by atoms with Gasteiger partial charge in [0, 0.05) is 10.9 Å². The minimum Gasteiger partial charge on any atom is -0.301 e. The van der Waals surface area contributed by atoms with Crippen molar-refractivity contribution < 1.29 is 4.79 Å². The topological polar surface area (TPSA) is 65.8 Å². The first-order valence-corrected chi connectivity index (χ1v) is 9.05. The van der Waals surface area contributed by atoms with E-state index in [0.717, 1.165) is 24.1 Å². The molecule has 0 unspecified atom stereocenters. The predicted molar refractivity (Wildman–Crippen MR) is 93.1 cm³/mol. The van der Waals surface area contributed by atoms with Crippen LogP contribution in [0.2, 0.25) is 0 Å². The summed E-state index contributed by atoms with van der Waals surface area (Å²) in [4.78, 5) is 16.1. The Balaban J connectivity index is 1.96. The van der Waals surface area contributed by atoms with Gasteiger partial charge in [-0.3, -0.25) is 4.79 Å². The van der Waals surface area contributed by atoms with E-state index in [-0.39, 0.29) is 11.7 Å². The largest absolute Gasteiger partial charge is 0.301 e. The van der Waals surface area contributed by atoms with E-state index in [9.17, 15) is 4.79 Å². The summed E-state index contributed by atoms with van der Waals surface area (Å²) in [6, 6.07) is 10.4. The number of hydrogen-bond acceptors (Lipinski definition) is 5. The van der Waals surface area contributed by atoms with Gasteiger partial charge in [0.1, 0.15) is 0 Å². The van der Waals surface area contributed by atoms with Crippen molar-refractivity contribution in [3.8, 4) is 17.3 Å². The number of thiazole rings is 1. The van der Waals surface area contributed by atoms with Crippen molar-refractivity contribution in [2.75, 3.05) is 16.8 Å². The van der Waals surface area contributed by atoms with Crippen LogP contribution in [0, 0.1) is 11.3 Å². The van der Waals surface area contributed by atoms with Gasteiger partial charge in [-0.1, -0.05) is 37.6 Å². The number of hydrogen-bond donors (Lipinski definition) is 1. The van der Waals surface area contributed by atoms with Crippen LogP contribution in [0.4, 0.5) is 5.13 Å². The molecule has 0 saturated heterocycles. The number of carbonyl (C=O) groups excluding carboxylic acids is 1. The first-order chi connectivity index (χ1) is 10.7. The van der Waals surface area contributed by atoms with Crippen LogP contribution in [-0.2, 0) is 11.2 Å². The highest BCUT2D eigenvalue weighted by Gasteiger charge is 2.08. The molecule has 0 aliphatic rings. The summed E-state index contributed by atoms with van der Waals surface area (Å²) in [7, 11) is 0. The normalized spacial score (nSPS) is 10.2. The fourth-order valence-electron chi connectivity index (χ4n) is 1.94. The fourth-order valence-corrected chi connectivity index (χ4v) is 3.13. The lowest BCUT2D eigenvalue weighted by Gasteiger charge is -2.01. The van der Waals surface area contributed by atoms with E-state index in [0.29, 0.717) is 10.9 Å². The van der Waals surface area contributed by atoms with Crippen LogP contribution in [-0.4, -0.2) is 22.4 Å². The molecule has 1 N–H and O–H groups in total. The highest BCUT2D eigenvalue weighted by Crippen LogP contribution is 2.25. The molecule has 1 amide bonds. The van der Waals surface area contributed by atoms with Crippen molar-refractivity contribution in [1.82, 2.24) is 4.98 Å². The second kappa shape index (κ2) is 8.57. The standard InChI is InChI=1S/C16H17N3OS2/c1-2-3-12-4-6-13(7-5-12)14-10-22-16(18-14)19-15(20)11-21-9-8-17/h4-7,10H,2-3,9,11H2,1H3,(H,18,19,20). The molecule has 4 nitrogen and oxygen atoms in total. The zero-order chi connectivity index (χ0) is 15.8. The molecule has 0 fully saturated rings. The number of aryl methyl sites for hydroxylation is 1. The Morgan fingerprint density at radius 1 is 1.41 bits per heavy atom.